The van der Waals surface area contributed by atoms with Crippen LogP contribution in [0.2, 0.25) is 5.02 Å². The lowest BCUT2D eigenvalue weighted by Crippen LogP contribution is -2.40. The summed E-state index contributed by atoms with van der Waals surface area (Å²) in [5, 5.41) is 4.03. The Labute approximate surface area is 160 Å². The van der Waals surface area contributed by atoms with Crippen molar-refractivity contribution in [2.24, 2.45) is 10.9 Å². The summed E-state index contributed by atoms with van der Waals surface area (Å²) in [6, 6.07) is 7.41. The SMILES string of the molecule is CN=C(NCc1nccn1CC(C)C)N(C)CCOc1cccc(Cl)c1. The zero-order chi connectivity index (χ0) is 18.9. The molecule has 142 valence electrons. The van der Waals surface area contributed by atoms with E-state index in [1.54, 1.807) is 7.05 Å². The largest absolute Gasteiger partial charge is 0.492 e. The van der Waals surface area contributed by atoms with Crippen LogP contribution >= 0.6 is 11.6 Å². The van der Waals surface area contributed by atoms with Gasteiger partial charge in [-0.25, -0.2) is 4.98 Å². The van der Waals surface area contributed by atoms with E-state index in [0.29, 0.717) is 30.6 Å². The van der Waals surface area contributed by atoms with Crippen LogP contribution in [0.25, 0.3) is 0 Å². The maximum absolute atomic E-state index is 5.97. The third-order valence-corrected chi connectivity index (χ3v) is 4.07. The Bertz CT molecular complexity index is 713. The van der Waals surface area contributed by atoms with Crippen LogP contribution in [0.4, 0.5) is 0 Å². The van der Waals surface area contributed by atoms with E-state index in [1.807, 2.05) is 48.6 Å². The molecule has 0 unspecified atom stereocenters. The molecule has 0 amide bonds. The van der Waals surface area contributed by atoms with Crippen LogP contribution in [0.3, 0.4) is 0 Å². The number of hydrogen-bond acceptors (Lipinski definition) is 3. The summed E-state index contributed by atoms with van der Waals surface area (Å²) in [5.74, 6) is 3.15. The number of rotatable bonds is 8. The highest BCUT2D eigenvalue weighted by Crippen LogP contribution is 2.16. The normalized spacial score (nSPS) is 11.7. The molecule has 0 saturated carbocycles. The maximum Gasteiger partial charge on any atom is 0.193 e. The van der Waals surface area contributed by atoms with Gasteiger partial charge in [0.1, 0.15) is 18.2 Å². The van der Waals surface area contributed by atoms with Crippen molar-refractivity contribution in [3.63, 3.8) is 0 Å². The molecule has 0 spiro atoms. The molecular weight excluding hydrogens is 350 g/mol. The molecule has 0 aliphatic carbocycles. The maximum atomic E-state index is 5.97. The zero-order valence-corrected chi connectivity index (χ0v) is 16.7. The number of guanidine groups is 1. The second-order valence-corrected chi connectivity index (χ2v) is 6.95. The standard InChI is InChI=1S/C19H28ClN5O/c1-15(2)14-25-9-8-22-18(25)13-23-19(21-3)24(4)10-11-26-17-7-5-6-16(20)12-17/h5-9,12,15H,10-11,13-14H2,1-4H3,(H,21,23). The Morgan fingerprint density at radius 3 is 2.92 bits per heavy atom. The van der Waals surface area contributed by atoms with E-state index in [2.05, 4.69) is 33.7 Å². The second-order valence-electron chi connectivity index (χ2n) is 6.52. The van der Waals surface area contributed by atoms with Gasteiger partial charge in [0.15, 0.2) is 5.96 Å². The highest BCUT2D eigenvalue weighted by molar-refractivity contribution is 6.30. The summed E-state index contributed by atoms with van der Waals surface area (Å²) < 4.78 is 7.91. The Morgan fingerprint density at radius 2 is 2.23 bits per heavy atom. The molecule has 0 fully saturated rings. The number of aromatic nitrogens is 2. The smallest absolute Gasteiger partial charge is 0.193 e. The number of nitrogens with one attached hydrogen (secondary N) is 1. The van der Waals surface area contributed by atoms with Crippen LogP contribution in [0.1, 0.15) is 19.7 Å². The predicted molar refractivity (Wildman–Crippen MR) is 107 cm³/mol. The van der Waals surface area contributed by atoms with E-state index in [1.165, 1.54) is 0 Å². The highest BCUT2D eigenvalue weighted by atomic mass is 35.5. The summed E-state index contributed by atoms with van der Waals surface area (Å²) in [4.78, 5) is 10.8. The first-order chi connectivity index (χ1) is 12.5. The van der Waals surface area contributed by atoms with E-state index in [0.717, 1.165) is 24.1 Å². The number of ether oxygens (including phenoxy) is 1. The summed E-state index contributed by atoms with van der Waals surface area (Å²) >= 11 is 5.97. The van der Waals surface area contributed by atoms with Crippen molar-refractivity contribution in [2.75, 3.05) is 27.2 Å². The van der Waals surface area contributed by atoms with Gasteiger partial charge in [0.2, 0.25) is 0 Å². The van der Waals surface area contributed by atoms with Gasteiger partial charge in [0.25, 0.3) is 0 Å². The second kappa shape index (κ2) is 10.1. The van der Waals surface area contributed by atoms with Crippen molar-refractivity contribution in [3.05, 3.63) is 47.5 Å². The van der Waals surface area contributed by atoms with Gasteiger partial charge in [-0.3, -0.25) is 4.99 Å². The van der Waals surface area contributed by atoms with Crippen molar-refractivity contribution >= 4 is 17.6 Å². The van der Waals surface area contributed by atoms with Gasteiger partial charge in [0, 0.05) is 38.1 Å². The molecule has 1 aromatic heterocycles. The molecule has 1 heterocycles. The molecule has 6 nitrogen and oxygen atoms in total. The molecule has 2 rings (SSSR count). The summed E-state index contributed by atoms with van der Waals surface area (Å²) in [7, 11) is 3.76. The van der Waals surface area contributed by atoms with Crippen molar-refractivity contribution < 1.29 is 4.74 Å². The van der Waals surface area contributed by atoms with Gasteiger partial charge in [0.05, 0.1) is 13.1 Å². The topological polar surface area (TPSA) is 54.7 Å². The average molecular weight is 378 g/mol. The number of hydrogen-bond donors (Lipinski definition) is 1. The quantitative estimate of drug-likeness (QED) is 0.566. The van der Waals surface area contributed by atoms with E-state index < -0.39 is 0 Å². The molecule has 0 aliphatic heterocycles. The lowest BCUT2D eigenvalue weighted by Gasteiger charge is -2.22. The van der Waals surface area contributed by atoms with E-state index in [-0.39, 0.29) is 0 Å². The molecule has 0 saturated heterocycles. The number of halogens is 1. The van der Waals surface area contributed by atoms with Crippen LogP contribution < -0.4 is 10.1 Å². The molecule has 26 heavy (non-hydrogen) atoms. The number of benzene rings is 1. The molecule has 0 atom stereocenters. The number of likely N-dealkylation sites (N-methyl/N-ethyl adjacent to an activating group) is 1. The van der Waals surface area contributed by atoms with Crippen LogP contribution in [0.5, 0.6) is 5.75 Å². The molecule has 0 radical (unpaired) electrons. The Kier molecular flexibility index (Phi) is 7.78. The monoisotopic (exact) mass is 377 g/mol. The van der Waals surface area contributed by atoms with Gasteiger partial charge < -0.3 is 19.5 Å². The van der Waals surface area contributed by atoms with Gasteiger partial charge in [-0.1, -0.05) is 31.5 Å². The summed E-state index contributed by atoms with van der Waals surface area (Å²) in [5.41, 5.74) is 0. The first-order valence-electron chi connectivity index (χ1n) is 8.79. The van der Waals surface area contributed by atoms with Gasteiger partial charge in [-0.15, -0.1) is 0 Å². The third kappa shape index (κ3) is 6.26. The summed E-state index contributed by atoms with van der Waals surface area (Å²) in [6.45, 7) is 7.23. The first kappa shape index (κ1) is 20.1. The number of imidazole rings is 1. The molecule has 1 N–H and O–H groups in total. The van der Waals surface area contributed by atoms with Crippen molar-refractivity contribution in [3.8, 4) is 5.75 Å². The number of nitrogens with zero attached hydrogens (tertiary/aromatic N) is 4. The minimum atomic E-state index is 0.541. The summed E-state index contributed by atoms with van der Waals surface area (Å²) in [6.07, 6.45) is 3.85. The minimum absolute atomic E-state index is 0.541. The van der Waals surface area contributed by atoms with E-state index in [4.69, 9.17) is 16.3 Å². The fourth-order valence-corrected chi connectivity index (χ4v) is 2.75. The Morgan fingerprint density at radius 1 is 1.42 bits per heavy atom. The van der Waals surface area contributed by atoms with Crippen LogP contribution in [0, 0.1) is 5.92 Å². The molecule has 0 bridgehead atoms. The van der Waals surface area contributed by atoms with Crippen molar-refractivity contribution in [2.45, 2.75) is 26.9 Å². The van der Waals surface area contributed by atoms with E-state index in [9.17, 15) is 0 Å². The van der Waals surface area contributed by atoms with Crippen LogP contribution in [-0.2, 0) is 13.1 Å². The molecule has 1 aromatic carbocycles. The molecule has 2 aromatic rings. The molecular formula is C19H28ClN5O. The minimum Gasteiger partial charge on any atom is -0.492 e. The first-order valence-corrected chi connectivity index (χ1v) is 9.17. The van der Waals surface area contributed by atoms with Gasteiger partial charge in [-0.05, 0) is 24.1 Å². The fraction of sp³-hybridized carbons (Fsp3) is 0.474. The molecule has 7 heteroatoms. The third-order valence-electron chi connectivity index (χ3n) is 3.83. The zero-order valence-electron chi connectivity index (χ0n) is 15.9. The van der Waals surface area contributed by atoms with Gasteiger partial charge in [-0.2, -0.15) is 0 Å². The van der Waals surface area contributed by atoms with E-state index >= 15 is 0 Å². The average Bonchev–Trinajstić information content (AvgIpc) is 3.02. The van der Waals surface area contributed by atoms with Gasteiger partial charge >= 0.3 is 0 Å². The highest BCUT2D eigenvalue weighted by Gasteiger charge is 2.09. The van der Waals surface area contributed by atoms with Crippen LogP contribution in [0.15, 0.2) is 41.7 Å². The molecule has 0 aliphatic rings. The number of aliphatic imine (C=N–C) groups is 1. The van der Waals surface area contributed by atoms with Crippen molar-refractivity contribution in [1.82, 2.24) is 19.8 Å². The predicted octanol–water partition coefficient (Wildman–Crippen LogP) is 3.28. The van der Waals surface area contributed by atoms with Crippen molar-refractivity contribution in [1.29, 1.82) is 0 Å². The van der Waals surface area contributed by atoms with Crippen LogP contribution in [-0.4, -0.2) is 47.7 Å². The lowest BCUT2D eigenvalue weighted by atomic mass is 10.2. The Balaban J connectivity index is 1.81. The fourth-order valence-electron chi connectivity index (χ4n) is 2.57. The lowest BCUT2D eigenvalue weighted by molar-refractivity contribution is 0.281. The Hall–Kier alpha value is -2.21.